The van der Waals surface area contributed by atoms with Crippen molar-refractivity contribution in [3.05, 3.63) is 24.5 Å². The molecule has 0 bridgehead atoms. The lowest BCUT2D eigenvalue weighted by atomic mass is 10.2. The van der Waals surface area contributed by atoms with Gasteiger partial charge in [-0.25, -0.2) is 9.97 Å². The zero-order chi connectivity index (χ0) is 15.7. The number of rotatable bonds is 5. The molecular formula is C14H19IN4O3. The van der Waals surface area contributed by atoms with Gasteiger partial charge in [0.05, 0.1) is 28.8 Å². The Morgan fingerprint density at radius 2 is 2.41 bits per heavy atom. The van der Waals surface area contributed by atoms with Crippen molar-refractivity contribution in [2.45, 2.75) is 28.8 Å². The molecule has 3 heterocycles. The quantitative estimate of drug-likeness (QED) is 0.419. The molecular weight excluding hydrogens is 399 g/mol. The maximum Gasteiger partial charge on any atom is 0.140 e. The van der Waals surface area contributed by atoms with Gasteiger partial charge in [0.15, 0.2) is 0 Å². The predicted octanol–water partition coefficient (Wildman–Crippen LogP) is 1.03. The van der Waals surface area contributed by atoms with Gasteiger partial charge in [-0.3, -0.25) is 0 Å². The summed E-state index contributed by atoms with van der Waals surface area (Å²) in [7, 11) is 0. The van der Waals surface area contributed by atoms with Gasteiger partial charge in [0, 0.05) is 13.0 Å². The van der Waals surface area contributed by atoms with E-state index in [2.05, 4.69) is 44.0 Å². The highest BCUT2D eigenvalue weighted by Gasteiger charge is 2.43. The van der Waals surface area contributed by atoms with Crippen LogP contribution >= 0.6 is 22.6 Å². The number of ether oxygens (including phenoxy) is 2. The van der Waals surface area contributed by atoms with E-state index >= 15 is 0 Å². The van der Waals surface area contributed by atoms with Crippen LogP contribution in [0, 0.1) is 0 Å². The molecule has 3 rings (SSSR count). The third kappa shape index (κ3) is 2.80. The van der Waals surface area contributed by atoms with Gasteiger partial charge in [-0.1, -0.05) is 28.7 Å². The Kier molecular flexibility index (Phi) is 4.81. The second-order valence-electron chi connectivity index (χ2n) is 5.32. The summed E-state index contributed by atoms with van der Waals surface area (Å²) < 4.78 is 11.9. The SMILES string of the molecule is C=CCOC1CC(N2CC(I)c3c(N)ncnc32)OC1CO. The van der Waals surface area contributed by atoms with Crippen LogP contribution in [0.3, 0.4) is 0 Å². The monoisotopic (exact) mass is 418 g/mol. The molecule has 1 aromatic rings. The zero-order valence-electron chi connectivity index (χ0n) is 12.1. The van der Waals surface area contributed by atoms with Crippen LogP contribution in [0.2, 0.25) is 0 Å². The number of fused-ring (bicyclic) bond motifs is 1. The molecule has 1 aromatic heterocycles. The van der Waals surface area contributed by atoms with E-state index in [1.807, 2.05) is 0 Å². The number of halogens is 1. The number of hydrogen-bond donors (Lipinski definition) is 2. The molecule has 4 atom stereocenters. The minimum atomic E-state index is -0.333. The number of nitrogen functional groups attached to an aromatic ring is 1. The number of anilines is 2. The molecule has 22 heavy (non-hydrogen) atoms. The van der Waals surface area contributed by atoms with E-state index in [0.717, 1.165) is 17.9 Å². The molecule has 120 valence electrons. The molecule has 4 unspecified atom stereocenters. The second-order valence-corrected chi connectivity index (χ2v) is 6.83. The molecule has 1 saturated heterocycles. The van der Waals surface area contributed by atoms with Crippen LogP contribution in [0.4, 0.5) is 11.6 Å². The number of nitrogens with two attached hydrogens (primary N) is 1. The average Bonchev–Trinajstić information content (AvgIpc) is 3.07. The first-order chi connectivity index (χ1) is 10.7. The number of hydrogen-bond acceptors (Lipinski definition) is 7. The third-order valence-corrected chi connectivity index (χ3v) is 4.99. The highest BCUT2D eigenvalue weighted by molar-refractivity contribution is 14.1. The molecule has 2 aliphatic heterocycles. The van der Waals surface area contributed by atoms with Crippen molar-refractivity contribution in [3.63, 3.8) is 0 Å². The normalized spacial score (nSPS) is 30.5. The summed E-state index contributed by atoms with van der Waals surface area (Å²) in [4.78, 5) is 10.5. The topological polar surface area (TPSA) is 93.7 Å². The Hall–Kier alpha value is -0.970. The first-order valence-corrected chi connectivity index (χ1v) is 8.40. The summed E-state index contributed by atoms with van der Waals surface area (Å²) >= 11 is 2.34. The van der Waals surface area contributed by atoms with Crippen LogP contribution in [-0.4, -0.2) is 53.3 Å². The van der Waals surface area contributed by atoms with Crippen molar-refractivity contribution < 1.29 is 14.6 Å². The van der Waals surface area contributed by atoms with Crippen molar-refractivity contribution in [1.29, 1.82) is 0 Å². The number of aliphatic hydroxyl groups excluding tert-OH is 1. The molecule has 0 radical (unpaired) electrons. The molecule has 0 aromatic carbocycles. The highest BCUT2D eigenvalue weighted by Crippen LogP contribution is 2.44. The van der Waals surface area contributed by atoms with Gasteiger partial charge < -0.3 is 25.2 Å². The van der Waals surface area contributed by atoms with E-state index in [0.29, 0.717) is 18.8 Å². The van der Waals surface area contributed by atoms with Gasteiger partial charge in [-0.05, 0) is 0 Å². The van der Waals surface area contributed by atoms with Crippen molar-refractivity contribution >= 4 is 34.2 Å². The van der Waals surface area contributed by atoms with E-state index in [1.54, 1.807) is 6.08 Å². The summed E-state index contributed by atoms with van der Waals surface area (Å²) in [5.41, 5.74) is 6.93. The van der Waals surface area contributed by atoms with Crippen molar-refractivity contribution in [3.8, 4) is 0 Å². The Morgan fingerprint density at radius 1 is 1.59 bits per heavy atom. The lowest BCUT2D eigenvalue weighted by molar-refractivity contribution is -0.0410. The lowest BCUT2D eigenvalue weighted by Crippen LogP contribution is -2.35. The first kappa shape index (κ1) is 15.9. The Bertz CT molecular complexity index is 559. The van der Waals surface area contributed by atoms with Crippen molar-refractivity contribution in [2.24, 2.45) is 0 Å². The molecule has 0 aliphatic carbocycles. The zero-order valence-corrected chi connectivity index (χ0v) is 14.2. The number of aromatic nitrogens is 2. The second kappa shape index (κ2) is 6.65. The van der Waals surface area contributed by atoms with E-state index in [4.69, 9.17) is 15.2 Å². The van der Waals surface area contributed by atoms with Gasteiger partial charge in [-0.15, -0.1) is 6.58 Å². The number of aliphatic hydroxyl groups is 1. The molecule has 0 amide bonds. The summed E-state index contributed by atoms with van der Waals surface area (Å²) in [5.74, 6) is 1.33. The lowest BCUT2D eigenvalue weighted by Gasteiger charge is -2.25. The van der Waals surface area contributed by atoms with Crippen LogP contribution in [-0.2, 0) is 9.47 Å². The molecule has 0 saturated carbocycles. The Labute approximate surface area is 142 Å². The van der Waals surface area contributed by atoms with Crippen LogP contribution in [0.25, 0.3) is 0 Å². The fourth-order valence-electron chi connectivity index (χ4n) is 2.96. The van der Waals surface area contributed by atoms with Gasteiger partial charge in [0.25, 0.3) is 0 Å². The van der Waals surface area contributed by atoms with Crippen LogP contribution in [0.1, 0.15) is 15.9 Å². The largest absolute Gasteiger partial charge is 0.394 e. The summed E-state index contributed by atoms with van der Waals surface area (Å²) in [6.45, 7) is 4.78. The minimum Gasteiger partial charge on any atom is -0.394 e. The predicted molar refractivity (Wildman–Crippen MR) is 90.9 cm³/mol. The van der Waals surface area contributed by atoms with E-state index in [1.165, 1.54) is 6.33 Å². The fraction of sp³-hybridized carbons (Fsp3) is 0.571. The molecule has 1 fully saturated rings. The van der Waals surface area contributed by atoms with Crippen LogP contribution < -0.4 is 10.6 Å². The third-order valence-electron chi connectivity index (χ3n) is 3.97. The first-order valence-electron chi connectivity index (χ1n) is 7.15. The summed E-state index contributed by atoms with van der Waals surface area (Å²) in [6.07, 6.45) is 3.18. The molecule has 2 aliphatic rings. The van der Waals surface area contributed by atoms with E-state index in [-0.39, 0.29) is 29.0 Å². The maximum atomic E-state index is 9.49. The number of alkyl halides is 1. The Balaban J connectivity index is 1.79. The van der Waals surface area contributed by atoms with Gasteiger partial charge in [0.1, 0.15) is 30.3 Å². The molecule has 3 N–H and O–H groups in total. The van der Waals surface area contributed by atoms with Crippen molar-refractivity contribution in [2.75, 3.05) is 30.4 Å². The van der Waals surface area contributed by atoms with Gasteiger partial charge >= 0.3 is 0 Å². The Morgan fingerprint density at radius 3 is 3.14 bits per heavy atom. The van der Waals surface area contributed by atoms with Crippen LogP contribution in [0.5, 0.6) is 0 Å². The van der Waals surface area contributed by atoms with E-state index < -0.39 is 0 Å². The van der Waals surface area contributed by atoms with E-state index in [9.17, 15) is 5.11 Å². The summed E-state index contributed by atoms with van der Waals surface area (Å²) in [5, 5.41) is 9.49. The average molecular weight is 418 g/mol. The van der Waals surface area contributed by atoms with Gasteiger partial charge in [-0.2, -0.15) is 0 Å². The summed E-state index contributed by atoms with van der Waals surface area (Å²) in [6, 6.07) is 0. The van der Waals surface area contributed by atoms with Crippen LogP contribution in [0.15, 0.2) is 19.0 Å². The minimum absolute atomic E-state index is 0.0709. The number of nitrogens with zero attached hydrogens (tertiary/aromatic N) is 3. The van der Waals surface area contributed by atoms with Gasteiger partial charge in [0.2, 0.25) is 0 Å². The smallest absolute Gasteiger partial charge is 0.140 e. The fourth-order valence-corrected chi connectivity index (χ4v) is 3.98. The highest BCUT2D eigenvalue weighted by atomic mass is 127. The van der Waals surface area contributed by atoms with Crippen molar-refractivity contribution in [1.82, 2.24) is 9.97 Å². The molecule has 0 spiro atoms. The standard InChI is InChI=1S/C14H19IN4O3/c1-2-3-21-9-4-11(22-10(9)6-20)19-5-8(15)12-13(16)17-7-18-14(12)19/h2,7-11,20H,1,3-6H2,(H2,16,17,18). The molecule has 8 heteroatoms. The molecule has 7 nitrogen and oxygen atoms in total. The maximum absolute atomic E-state index is 9.49.